The Morgan fingerprint density at radius 1 is 1.05 bits per heavy atom. The standard InChI is InChI=1S/C15H15NO2S/c17-13-3-8-1-2-12-15(10(8)4-14(13)18)11-7-19-6-9(11)5-16-12/h3-4,6-7,12,15-18H,1-2,5H2/t12-,15+/m0/s1. The summed E-state index contributed by atoms with van der Waals surface area (Å²) in [4.78, 5) is 0. The quantitative estimate of drug-likeness (QED) is 0.647. The van der Waals surface area contributed by atoms with Crippen LogP contribution in [0.25, 0.3) is 0 Å². The van der Waals surface area contributed by atoms with Crippen molar-refractivity contribution in [2.75, 3.05) is 0 Å². The molecule has 4 rings (SSSR count). The molecular weight excluding hydrogens is 258 g/mol. The molecular formula is C15H15NO2S. The Labute approximate surface area is 115 Å². The van der Waals surface area contributed by atoms with Crippen LogP contribution < -0.4 is 5.32 Å². The first kappa shape index (κ1) is 11.3. The molecule has 2 aromatic rings. The van der Waals surface area contributed by atoms with Gasteiger partial charge in [0.25, 0.3) is 0 Å². The molecule has 0 saturated heterocycles. The van der Waals surface area contributed by atoms with Crippen LogP contribution in [0.4, 0.5) is 0 Å². The Morgan fingerprint density at radius 2 is 1.89 bits per heavy atom. The van der Waals surface area contributed by atoms with E-state index in [0.29, 0.717) is 12.0 Å². The van der Waals surface area contributed by atoms with Gasteiger partial charge in [0.15, 0.2) is 11.5 Å². The second-order valence-electron chi connectivity index (χ2n) is 5.40. The Hall–Kier alpha value is -1.52. The largest absolute Gasteiger partial charge is 0.504 e. The number of aromatic hydroxyl groups is 2. The van der Waals surface area contributed by atoms with Crippen LogP contribution in [0.3, 0.4) is 0 Å². The third-order valence-corrected chi connectivity index (χ3v) is 5.17. The summed E-state index contributed by atoms with van der Waals surface area (Å²) in [7, 11) is 0. The second kappa shape index (κ2) is 3.99. The van der Waals surface area contributed by atoms with Crippen molar-refractivity contribution in [2.45, 2.75) is 31.3 Å². The topological polar surface area (TPSA) is 52.5 Å². The van der Waals surface area contributed by atoms with Crippen molar-refractivity contribution < 1.29 is 10.2 Å². The van der Waals surface area contributed by atoms with Gasteiger partial charge >= 0.3 is 0 Å². The molecule has 3 nitrogen and oxygen atoms in total. The highest BCUT2D eigenvalue weighted by atomic mass is 32.1. The van der Waals surface area contributed by atoms with Crippen molar-refractivity contribution in [2.24, 2.45) is 0 Å². The van der Waals surface area contributed by atoms with E-state index in [0.717, 1.165) is 24.9 Å². The van der Waals surface area contributed by atoms with Crippen molar-refractivity contribution in [3.8, 4) is 11.5 Å². The number of phenolic OH excluding ortho intramolecular Hbond substituents is 2. The minimum atomic E-state index is -0.0123. The Balaban J connectivity index is 1.91. The van der Waals surface area contributed by atoms with E-state index < -0.39 is 0 Å². The van der Waals surface area contributed by atoms with Crippen molar-refractivity contribution >= 4 is 11.3 Å². The number of hydrogen-bond acceptors (Lipinski definition) is 4. The van der Waals surface area contributed by atoms with Crippen molar-refractivity contribution in [1.29, 1.82) is 0 Å². The number of rotatable bonds is 0. The molecule has 0 unspecified atom stereocenters. The van der Waals surface area contributed by atoms with E-state index in [-0.39, 0.29) is 11.5 Å². The van der Waals surface area contributed by atoms with E-state index >= 15 is 0 Å². The van der Waals surface area contributed by atoms with Crippen LogP contribution in [0.15, 0.2) is 22.9 Å². The number of phenols is 2. The lowest BCUT2D eigenvalue weighted by Crippen LogP contribution is -2.42. The summed E-state index contributed by atoms with van der Waals surface area (Å²) in [5.74, 6) is 0.290. The molecule has 2 aliphatic rings. The summed E-state index contributed by atoms with van der Waals surface area (Å²) < 4.78 is 0. The van der Waals surface area contributed by atoms with E-state index in [1.165, 1.54) is 16.7 Å². The number of hydrogen-bond donors (Lipinski definition) is 3. The average molecular weight is 273 g/mol. The summed E-state index contributed by atoms with van der Waals surface area (Å²) >= 11 is 1.74. The number of nitrogens with one attached hydrogen (secondary N) is 1. The summed E-state index contributed by atoms with van der Waals surface area (Å²) in [5, 5.41) is 27.5. The number of aryl methyl sites for hydroxylation is 1. The zero-order valence-electron chi connectivity index (χ0n) is 10.4. The van der Waals surface area contributed by atoms with Gasteiger partial charge in [-0.15, -0.1) is 0 Å². The predicted octanol–water partition coefficient (Wildman–Crippen LogP) is 2.71. The summed E-state index contributed by atoms with van der Waals surface area (Å²) in [5.41, 5.74) is 5.09. The molecule has 0 radical (unpaired) electrons. The van der Waals surface area contributed by atoms with Crippen LogP contribution >= 0.6 is 11.3 Å². The normalized spacial score (nSPS) is 24.4. The van der Waals surface area contributed by atoms with Gasteiger partial charge in [-0.25, -0.2) is 0 Å². The van der Waals surface area contributed by atoms with Crippen LogP contribution in [-0.4, -0.2) is 16.3 Å². The summed E-state index contributed by atoms with van der Waals surface area (Å²) in [6.45, 7) is 0.944. The number of fused-ring (bicyclic) bond motifs is 5. The van der Waals surface area contributed by atoms with Gasteiger partial charge in [0.1, 0.15) is 0 Å². The lowest BCUT2D eigenvalue weighted by atomic mass is 9.73. The molecule has 1 aliphatic carbocycles. The molecule has 0 amide bonds. The third-order valence-electron chi connectivity index (χ3n) is 4.36. The second-order valence-corrected chi connectivity index (χ2v) is 6.14. The zero-order chi connectivity index (χ0) is 13.0. The number of benzene rings is 1. The molecule has 0 saturated carbocycles. The lowest BCUT2D eigenvalue weighted by molar-refractivity contribution is 0.381. The maximum absolute atomic E-state index is 9.80. The Bertz CT molecular complexity index is 650. The fraction of sp³-hybridized carbons (Fsp3) is 0.333. The first-order valence-electron chi connectivity index (χ1n) is 6.57. The van der Waals surface area contributed by atoms with Crippen molar-refractivity contribution in [3.63, 3.8) is 0 Å². The van der Waals surface area contributed by atoms with Crippen molar-refractivity contribution in [3.05, 3.63) is 45.1 Å². The smallest absolute Gasteiger partial charge is 0.157 e. The highest BCUT2D eigenvalue weighted by Gasteiger charge is 2.35. The van der Waals surface area contributed by atoms with Crippen LogP contribution in [0.5, 0.6) is 11.5 Å². The Morgan fingerprint density at radius 3 is 2.79 bits per heavy atom. The van der Waals surface area contributed by atoms with Gasteiger partial charge in [-0.3, -0.25) is 0 Å². The van der Waals surface area contributed by atoms with E-state index in [2.05, 4.69) is 16.1 Å². The molecule has 0 fully saturated rings. The van der Waals surface area contributed by atoms with E-state index in [4.69, 9.17) is 0 Å². The first-order valence-corrected chi connectivity index (χ1v) is 7.51. The van der Waals surface area contributed by atoms with E-state index in [1.54, 1.807) is 23.5 Å². The molecule has 4 heteroatoms. The maximum Gasteiger partial charge on any atom is 0.157 e. The highest BCUT2D eigenvalue weighted by Crippen LogP contribution is 2.44. The predicted molar refractivity (Wildman–Crippen MR) is 74.9 cm³/mol. The molecule has 1 aromatic heterocycles. The molecule has 1 aromatic carbocycles. The average Bonchev–Trinajstić information content (AvgIpc) is 2.88. The van der Waals surface area contributed by atoms with E-state index in [1.807, 2.05) is 0 Å². The van der Waals surface area contributed by atoms with Gasteiger partial charge in [-0.2, -0.15) is 11.3 Å². The first-order chi connectivity index (χ1) is 9.24. The molecule has 2 heterocycles. The molecule has 2 atom stereocenters. The SMILES string of the molecule is Oc1cc2c(cc1O)[C@@H]1c3cscc3CN[C@H]1CC2. The lowest BCUT2D eigenvalue weighted by Gasteiger charge is -2.38. The zero-order valence-corrected chi connectivity index (χ0v) is 11.2. The van der Waals surface area contributed by atoms with Gasteiger partial charge in [0.05, 0.1) is 0 Å². The number of thiophene rings is 1. The van der Waals surface area contributed by atoms with E-state index in [9.17, 15) is 10.2 Å². The van der Waals surface area contributed by atoms with Gasteiger partial charge in [-0.05, 0) is 58.0 Å². The van der Waals surface area contributed by atoms with Crippen LogP contribution in [0.2, 0.25) is 0 Å². The minimum Gasteiger partial charge on any atom is -0.504 e. The highest BCUT2D eigenvalue weighted by molar-refractivity contribution is 7.08. The van der Waals surface area contributed by atoms with Gasteiger partial charge in [-0.1, -0.05) is 0 Å². The molecule has 98 valence electrons. The molecule has 19 heavy (non-hydrogen) atoms. The Kier molecular flexibility index (Phi) is 2.37. The van der Waals surface area contributed by atoms with Crippen LogP contribution in [0, 0.1) is 0 Å². The van der Waals surface area contributed by atoms with Crippen molar-refractivity contribution in [1.82, 2.24) is 5.32 Å². The molecule has 1 aliphatic heterocycles. The third kappa shape index (κ3) is 1.60. The fourth-order valence-corrected chi connectivity index (χ4v) is 4.33. The maximum atomic E-state index is 9.80. The molecule has 3 N–H and O–H groups in total. The van der Waals surface area contributed by atoms with Gasteiger partial charge in [0, 0.05) is 18.5 Å². The van der Waals surface area contributed by atoms with Crippen LogP contribution in [0.1, 0.15) is 34.6 Å². The molecule has 0 bridgehead atoms. The monoisotopic (exact) mass is 273 g/mol. The van der Waals surface area contributed by atoms with Gasteiger partial charge < -0.3 is 15.5 Å². The van der Waals surface area contributed by atoms with Crippen LogP contribution in [-0.2, 0) is 13.0 Å². The molecule has 0 spiro atoms. The summed E-state index contributed by atoms with van der Waals surface area (Å²) in [6, 6.07) is 3.91. The van der Waals surface area contributed by atoms with Gasteiger partial charge in [0.2, 0.25) is 0 Å². The fourth-order valence-electron chi connectivity index (χ4n) is 3.43. The minimum absolute atomic E-state index is 0.00786. The summed E-state index contributed by atoms with van der Waals surface area (Å²) in [6.07, 6.45) is 2.04.